The standard InChI is InChI=1S/C20H17NO/c1-14-8-2-6-12-18(14)21-19-13-7-5-10-16(19)15-9-3-4-11-17(15)20(21)22/h2-5,7-11,13H,6,12H2,1H3. The number of pyridine rings is 1. The highest BCUT2D eigenvalue weighted by Gasteiger charge is 2.15. The van der Waals surface area contributed by atoms with Gasteiger partial charge in [-0.15, -0.1) is 0 Å². The molecule has 4 rings (SSSR count). The Morgan fingerprint density at radius 3 is 2.36 bits per heavy atom. The molecule has 0 saturated carbocycles. The maximum Gasteiger partial charge on any atom is 0.263 e. The van der Waals surface area contributed by atoms with E-state index >= 15 is 0 Å². The average Bonchev–Trinajstić information content (AvgIpc) is 2.57. The van der Waals surface area contributed by atoms with Crippen molar-refractivity contribution in [1.82, 2.24) is 4.57 Å². The summed E-state index contributed by atoms with van der Waals surface area (Å²) >= 11 is 0. The first-order valence-electron chi connectivity index (χ1n) is 7.66. The molecule has 1 heterocycles. The van der Waals surface area contributed by atoms with Crippen LogP contribution in [-0.4, -0.2) is 4.57 Å². The van der Waals surface area contributed by atoms with Crippen molar-refractivity contribution < 1.29 is 0 Å². The molecule has 0 unspecified atom stereocenters. The Hall–Kier alpha value is -2.61. The number of para-hydroxylation sites is 1. The van der Waals surface area contributed by atoms with Gasteiger partial charge in [0.2, 0.25) is 0 Å². The lowest BCUT2D eigenvalue weighted by Crippen LogP contribution is -2.21. The molecule has 0 radical (unpaired) electrons. The molecule has 0 bridgehead atoms. The second-order valence-electron chi connectivity index (χ2n) is 5.77. The maximum atomic E-state index is 13.1. The summed E-state index contributed by atoms with van der Waals surface area (Å²) in [6.45, 7) is 2.08. The van der Waals surface area contributed by atoms with E-state index in [1.807, 2.05) is 47.0 Å². The first-order valence-corrected chi connectivity index (χ1v) is 7.66. The molecule has 1 aliphatic carbocycles. The second-order valence-corrected chi connectivity index (χ2v) is 5.77. The molecule has 0 spiro atoms. The summed E-state index contributed by atoms with van der Waals surface area (Å²) in [5, 5.41) is 2.95. The third-order valence-corrected chi connectivity index (χ3v) is 4.44. The van der Waals surface area contributed by atoms with Crippen LogP contribution in [0.15, 0.2) is 71.1 Å². The summed E-state index contributed by atoms with van der Waals surface area (Å²) in [7, 11) is 0. The molecule has 0 fully saturated rings. The van der Waals surface area contributed by atoms with Crippen LogP contribution in [0.2, 0.25) is 0 Å². The van der Waals surface area contributed by atoms with Gasteiger partial charge in [0.1, 0.15) is 0 Å². The van der Waals surface area contributed by atoms with Crippen molar-refractivity contribution in [3.63, 3.8) is 0 Å². The molecule has 0 aliphatic heterocycles. The van der Waals surface area contributed by atoms with Crippen molar-refractivity contribution >= 4 is 27.4 Å². The fraction of sp³-hybridized carbons (Fsp3) is 0.150. The average molecular weight is 287 g/mol. The molecule has 1 aromatic heterocycles. The van der Waals surface area contributed by atoms with Crippen LogP contribution >= 0.6 is 0 Å². The zero-order chi connectivity index (χ0) is 15.1. The molecule has 0 atom stereocenters. The highest BCUT2D eigenvalue weighted by atomic mass is 16.1. The smallest absolute Gasteiger partial charge is 0.263 e. The van der Waals surface area contributed by atoms with E-state index in [4.69, 9.17) is 0 Å². The van der Waals surface area contributed by atoms with E-state index in [1.165, 1.54) is 5.57 Å². The molecular weight excluding hydrogens is 270 g/mol. The zero-order valence-electron chi connectivity index (χ0n) is 12.5. The van der Waals surface area contributed by atoms with Gasteiger partial charge in [0.15, 0.2) is 0 Å². The molecular formula is C20H17NO. The molecule has 1 aliphatic rings. The summed E-state index contributed by atoms with van der Waals surface area (Å²) in [5.41, 5.74) is 3.37. The van der Waals surface area contributed by atoms with Crippen molar-refractivity contribution in [2.24, 2.45) is 0 Å². The van der Waals surface area contributed by atoms with Gasteiger partial charge in [0, 0.05) is 16.5 Å². The topological polar surface area (TPSA) is 22.0 Å². The molecule has 2 nitrogen and oxygen atoms in total. The Bertz CT molecular complexity index is 1010. The molecule has 3 aromatic rings. The molecule has 0 saturated heterocycles. The van der Waals surface area contributed by atoms with Gasteiger partial charge in [-0.3, -0.25) is 9.36 Å². The predicted octanol–water partition coefficient (Wildman–Crippen LogP) is 4.74. The number of hydrogen-bond acceptors (Lipinski definition) is 1. The van der Waals surface area contributed by atoms with E-state index in [0.29, 0.717) is 0 Å². The minimum atomic E-state index is 0.0824. The number of rotatable bonds is 1. The van der Waals surface area contributed by atoms with Crippen LogP contribution in [0.25, 0.3) is 27.4 Å². The lowest BCUT2D eigenvalue weighted by atomic mass is 10.0. The number of hydrogen-bond donors (Lipinski definition) is 0. The lowest BCUT2D eigenvalue weighted by Gasteiger charge is -2.19. The van der Waals surface area contributed by atoms with Crippen LogP contribution in [0.1, 0.15) is 19.8 Å². The Balaban J connectivity index is 2.24. The van der Waals surface area contributed by atoms with Crippen molar-refractivity contribution in [1.29, 1.82) is 0 Å². The van der Waals surface area contributed by atoms with Crippen LogP contribution in [-0.2, 0) is 0 Å². The fourth-order valence-corrected chi connectivity index (χ4v) is 3.36. The zero-order valence-corrected chi connectivity index (χ0v) is 12.5. The van der Waals surface area contributed by atoms with Gasteiger partial charge in [-0.05, 0) is 42.9 Å². The number of fused-ring (bicyclic) bond motifs is 3. The van der Waals surface area contributed by atoms with Gasteiger partial charge in [-0.25, -0.2) is 0 Å². The van der Waals surface area contributed by atoms with Gasteiger partial charge in [-0.1, -0.05) is 48.6 Å². The highest BCUT2D eigenvalue weighted by Crippen LogP contribution is 2.29. The highest BCUT2D eigenvalue weighted by molar-refractivity contribution is 6.06. The predicted molar refractivity (Wildman–Crippen MR) is 93.0 cm³/mol. The summed E-state index contributed by atoms with van der Waals surface area (Å²) in [6.07, 6.45) is 6.19. The summed E-state index contributed by atoms with van der Waals surface area (Å²) < 4.78 is 1.91. The summed E-state index contributed by atoms with van der Waals surface area (Å²) in [5.74, 6) is 0. The van der Waals surface area contributed by atoms with Gasteiger partial charge < -0.3 is 0 Å². The maximum absolute atomic E-state index is 13.1. The van der Waals surface area contributed by atoms with Crippen LogP contribution in [0.5, 0.6) is 0 Å². The molecule has 0 N–H and O–H groups in total. The Labute approximate surface area is 129 Å². The number of nitrogens with zero attached hydrogens (tertiary/aromatic N) is 1. The summed E-state index contributed by atoms with van der Waals surface area (Å²) in [4.78, 5) is 13.1. The van der Waals surface area contributed by atoms with Crippen molar-refractivity contribution in [2.45, 2.75) is 19.8 Å². The number of benzene rings is 2. The van der Waals surface area contributed by atoms with Gasteiger partial charge in [0.25, 0.3) is 5.56 Å². The normalized spacial score (nSPS) is 15.0. The van der Waals surface area contributed by atoms with E-state index < -0.39 is 0 Å². The number of aromatic nitrogens is 1. The molecule has 22 heavy (non-hydrogen) atoms. The van der Waals surface area contributed by atoms with E-state index in [0.717, 1.165) is 40.2 Å². The lowest BCUT2D eigenvalue weighted by molar-refractivity contribution is 0.925. The van der Waals surface area contributed by atoms with Crippen LogP contribution < -0.4 is 5.56 Å². The quantitative estimate of drug-likeness (QED) is 0.593. The molecule has 2 aromatic carbocycles. The Morgan fingerprint density at radius 1 is 0.909 bits per heavy atom. The molecule has 108 valence electrons. The Kier molecular flexibility index (Phi) is 2.97. The van der Waals surface area contributed by atoms with E-state index in [1.54, 1.807) is 0 Å². The van der Waals surface area contributed by atoms with E-state index in [2.05, 4.69) is 25.1 Å². The van der Waals surface area contributed by atoms with Crippen LogP contribution in [0.3, 0.4) is 0 Å². The molecule has 0 amide bonds. The largest absolute Gasteiger partial charge is 0.280 e. The van der Waals surface area contributed by atoms with Crippen molar-refractivity contribution in [3.05, 3.63) is 76.6 Å². The third-order valence-electron chi connectivity index (χ3n) is 4.44. The fourth-order valence-electron chi connectivity index (χ4n) is 3.36. The van der Waals surface area contributed by atoms with Gasteiger partial charge >= 0.3 is 0 Å². The second kappa shape index (κ2) is 4.99. The first kappa shape index (κ1) is 13.1. The third kappa shape index (κ3) is 1.84. The number of allylic oxidation sites excluding steroid dienone is 4. The van der Waals surface area contributed by atoms with E-state index in [9.17, 15) is 4.79 Å². The van der Waals surface area contributed by atoms with Crippen molar-refractivity contribution in [2.75, 3.05) is 0 Å². The monoisotopic (exact) mass is 287 g/mol. The van der Waals surface area contributed by atoms with Crippen molar-refractivity contribution in [3.8, 4) is 0 Å². The van der Waals surface area contributed by atoms with Crippen LogP contribution in [0.4, 0.5) is 0 Å². The van der Waals surface area contributed by atoms with Gasteiger partial charge in [-0.2, -0.15) is 0 Å². The SMILES string of the molecule is CC1=C(n2c(=O)c3ccccc3c3ccccc32)CCC=C1. The van der Waals surface area contributed by atoms with Crippen LogP contribution in [0, 0.1) is 0 Å². The minimum Gasteiger partial charge on any atom is -0.280 e. The van der Waals surface area contributed by atoms with E-state index in [-0.39, 0.29) is 5.56 Å². The summed E-state index contributed by atoms with van der Waals surface area (Å²) in [6, 6.07) is 16.1. The minimum absolute atomic E-state index is 0.0824. The Morgan fingerprint density at radius 2 is 1.59 bits per heavy atom. The van der Waals surface area contributed by atoms with Gasteiger partial charge in [0.05, 0.1) is 5.52 Å². The molecule has 2 heteroatoms. The first-order chi connectivity index (χ1) is 10.8.